The lowest BCUT2D eigenvalue weighted by molar-refractivity contribution is 0.471. The minimum atomic E-state index is -0.0405. The summed E-state index contributed by atoms with van der Waals surface area (Å²) in [5, 5.41) is 14.1. The van der Waals surface area contributed by atoms with Crippen LogP contribution >= 0.6 is 34.8 Å². The molecule has 1 unspecified atom stereocenters. The van der Waals surface area contributed by atoms with E-state index in [1.54, 1.807) is 12.1 Å². The first-order valence-corrected chi connectivity index (χ1v) is 7.23. The second-order valence-corrected chi connectivity index (χ2v) is 5.79. The van der Waals surface area contributed by atoms with Crippen molar-refractivity contribution >= 4 is 40.5 Å². The molecule has 0 saturated carbocycles. The van der Waals surface area contributed by atoms with E-state index in [1.165, 1.54) is 0 Å². The number of hydrogen-bond acceptors (Lipinski definition) is 2. The van der Waals surface area contributed by atoms with Crippen LogP contribution in [0.5, 0.6) is 5.75 Å². The van der Waals surface area contributed by atoms with E-state index in [1.807, 2.05) is 32.0 Å². The molecule has 0 bridgehead atoms. The summed E-state index contributed by atoms with van der Waals surface area (Å²) >= 11 is 18.2. The summed E-state index contributed by atoms with van der Waals surface area (Å²) in [7, 11) is 0. The Morgan fingerprint density at radius 2 is 1.75 bits per heavy atom. The van der Waals surface area contributed by atoms with Crippen molar-refractivity contribution < 1.29 is 5.11 Å². The van der Waals surface area contributed by atoms with Gasteiger partial charge in [-0.3, -0.25) is 0 Å². The van der Waals surface area contributed by atoms with Gasteiger partial charge in [0.15, 0.2) is 0 Å². The number of halogens is 3. The van der Waals surface area contributed by atoms with E-state index in [0.29, 0.717) is 15.1 Å². The molecule has 0 aliphatic rings. The van der Waals surface area contributed by atoms with Crippen LogP contribution in [0.25, 0.3) is 0 Å². The molecule has 2 aromatic carbocycles. The molecule has 2 N–H and O–H groups in total. The predicted octanol–water partition coefficient (Wildman–Crippen LogP) is 5.83. The number of aromatic hydroxyl groups is 1. The number of benzene rings is 2. The molecule has 0 aliphatic heterocycles. The van der Waals surface area contributed by atoms with Crippen molar-refractivity contribution in [2.75, 3.05) is 5.32 Å². The first kappa shape index (κ1) is 15.3. The quantitative estimate of drug-likeness (QED) is 0.548. The third-order valence-corrected chi connectivity index (χ3v) is 4.42. The Balaban J connectivity index is 2.26. The number of rotatable bonds is 3. The molecule has 2 nitrogen and oxygen atoms in total. The smallest absolute Gasteiger partial charge is 0.118 e. The van der Waals surface area contributed by atoms with Crippen LogP contribution in [-0.2, 0) is 0 Å². The standard InChI is InChI=1S/C15H14Cl3NO/c1-8-7-10(3-6-13(8)20)19-9(2)11-4-5-12(16)15(18)14(11)17/h3-7,9,19-20H,1-2H3. The first-order valence-electron chi connectivity index (χ1n) is 6.09. The van der Waals surface area contributed by atoms with E-state index in [0.717, 1.165) is 16.8 Å². The summed E-state index contributed by atoms with van der Waals surface area (Å²) in [5.74, 6) is 0.274. The Morgan fingerprint density at radius 3 is 2.40 bits per heavy atom. The van der Waals surface area contributed by atoms with Crippen molar-refractivity contribution in [3.05, 3.63) is 56.5 Å². The third-order valence-electron chi connectivity index (χ3n) is 3.11. The Morgan fingerprint density at radius 1 is 1.05 bits per heavy atom. The molecule has 106 valence electrons. The van der Waals surface area contributed by atoms with Crippen LogP contribution in [0, 0.1) is 6.92 Å². The molecule has 0 amide bonds. The maximum absolute atomic E-state index is 9.52. The molecule has 0 aliphatic carbocycles. The Labute approximate surface area is 133 Å². The number of anilines is 1. The minimum Gasteiger partial charge on any atom is -0.508 e. The lowest BCUT2D eigenvalue weighted by Gasteiger charge is -2.18. The largest absolute Gasteiger partial charge is 0.508 e. The monoisotopic (exact) mass is 329 g/mol. The fourth-order valence-corrected chi connectivity index (χ4v) is 2.65. The van der Waals surface area contributed by atoms with Crippen molar-refractivity contribution in [3.8, 4) is 5.75 Å². The molecule has 2 rings (SSSR count). The van der Waals surface area contributed by atoms with Gasteiger partial charge < -0.3 is 10.4 Å². The highest BCUT2D eigenvalue weighted by Gasteiger charge is 2.14. The highest BCUT2D eigenvalue weighted by molar-refractivity contribution is 6.48. The van der Waals surface area contributed by atoms with Crippen molar-refractivity contribution in [1.82, 2.24) is 0 Å². The van der Waals surface area contributed by atoms with Gasteiger partial charge in [0.1, 0.15) is 5.75 Å². The zero-order valence-electron chi connectivity index (χ0n) is 11.0. The van der Waals surface area contributed by atoms with Crippen LogP contribution in [0.4, 0.5) is 5.69 Å². The molecule has 0 spiro atoms. The first-order chi connectivity index (χ1) is 9.40. The van der Waals surface area contributed by atoms with Gasteiger partial charge in [0.05, 0.1) is 21.1 Å². The molecule has 5 heteroatoms. The number of phenolic OH excluding ortho intramolecular Hbond substituents is 1. The van der Waals surface area contributed by atoms with Crippen molar-refractivity contribution in [1.29, 1.82) is 0 Å². The molecule has 0 heterocycles. The Kier molecular flexibility index (Phi) is 4.69. The third kappa shape index (κ3) is 3.14. The van der Waals surface area contributed by atoms with E-state index < -0.39 is 0 Å². The van der Waals surface area contributed by atoms with Crippen LogP contribution in [0.15, 0.2) is 30.3 Å². The van der Waals surface area contributed by atoms with Gasteiger partial charge in [-0.2, -0.15) is 0 Å². The van der Waals surface area contributed by atoms with Gasteiger partial charge in [0.25, 0.3) is 0 Å². The van der Waals surface area contributed by atoms with E-state index in [4.69, 9.17) is 34.8 Å². The summed E-state index contributed by atoms with van der Waals surface area (Å²) in [4.78, 5) is 0. The molecular formula is C15H14Cl3NO. The molecule has 0 saturated heterocycles. The lowest BCUT2D eigenvalue weighted by Crippen LogP contribution is -2.07. The maximum atomic E-state index is 9.52. The summed E-state index contributed by atoms with van der Waals surface area (Å²) in [6.45, 7) is 3.82. The normalized spacial score (nSPS) is 12.2. The molecule has 0 aromatic heterocycles. The van der Waals surface area contributed by atoms with Crippen LogP contribution < -0.4 is 5.32 Å². The topological polar surface area (TPSA) is 32.3 Å². The van der Waals surface area contributed by atoms with Crippen molar-refractivity contribution in [2.45, 2.75) is 19.9 Å². The molecule has 2 aromatic rings. The fourth-order valence-electron chi connectivity index (χ4n) is 1.95. The second kappa shape index (κ2) is 6.13. The van der Waals surface area contributed by atoms with Gasteiger partial charge in [-0.25, -0.2) is 0 Å². The summed E-state index contributed by atoms with van der Waals surface area (Å²) in [6, 6.07) is 8.87. The molecule has 20 heavy (non-hydrogen) atoms. The average Bonchev–Trinajstić information content (AvgIpc) is 2.40. The zero-order chi connectivity index (χ0) is 14.9. The van der Waals surface area contributed by atoms with Crippen LogP contribution in [-0.4, -0.2) is 5.11 Å². The summed E-state index contributed by atoms with van der Waals surface area (Å²) < 4.78 is 0. The van der Waals surface area contributed by atoms with Crippen LogP contribution in [0.2, 0.25) is 15.1 Å². The van der Waals surface area contributed by atoms with Crippen LogP contribution in [0.3, 0.4) is 0 Å². The molecule has 1 atom stereocenters. The number of hydrogen-bond donors (Lipinski definition) is 2. The molecule has 0 fully saturated rings. The SMILES string of the molecule is Cc1cc(NC(C)c2ccc(Cl)c(Cl)c2Cl)ccc1O. The number of phenols is 1. The zero-order valence-corrected chi connectivity index (χ0v) is 13.3. The molecule has 0 radical (unpaired) electrons. The van der Waals surface area contributed by atoms with Gasteiger partial charge in [-0.1, -0.05) is 40.9 Å². The average molecular weight is 331 g/mol. The van der Waals surface area contributed by atoms with Crippen molar-refractivity contribution in [3.63, 3.8) is 0 Å². The minimum absolute atomic E-state index is 0.0405. The van der Waals surface area contributed by atoms with E-state index in [9.17, 15) is 5.11 Å². The van der Waals surface area contributed by atoms with Gasteiger partial charge in [0, 0.05) is 5.69 Å². The predicted molar refractivity (Wildman–Crippen MR) is 86.4 cm³/mol. The highest BCUT2D eigenvalue weighted by atomic mass is 35.5. The van der Waals surface area contributed by atoms with Gasteiger partial charge in [-0.15, -0.1) is 0 Å². The van der Waals surface area contributed by atoms with E-state index in [2.05, 4.69) is 5.32 Å². The number of nitrogens with one attached hydrogen (secondary N) is 1. The highest BCUT2D eigenvalue weighted by Crippen LogP contribution is 2.36. The van der Waals surface area contributed by atoms with Crippen molar-refractivity contribution in [2.24, 2.45) is 0 Å². The van der Waals surface area contributed by atoms with Gasteiger partial charge in [0.2, 0.25) is 0 Å². The van der Waals surface area contributed by atoms with Gasteiger partial charge >= 0.3 is 0 Å². The Bertz CT molecular complexity index is 643. The fraction of sp³-hybridized carbons (Fsp3) is 0.200. The summed E-state index contributed by atoms with van der Waals surface area (Å²) in [5.41, 5.74) is 2.57. The maximum Gasteiger partial charge on any atom is 0.118 e. The van der Waals surface area contributed by atoms with Crippen LogP contribution in [0.1, 0.15) is 24.1 Å². The second-order valence-electron chi connectivity index (χ2n) is 4.63. The Hall–Kier alpha value is -1.09. The summed E-state index contributed by atoms with van der Waals surface area (Å²) in [6.07, 6.45) is 0. The molecular weight excluding hydrogens is 317 g/mol. The number of aryl methyl sites for hydroxylation is 1. The lowest BCUT2D eigenvalue weighted by atomic mass is 10.1. The van der Waals surface area contributed by atoms with E-state index >= 15 is 0 Å². The van der Waals surface area contributed by atoms with Gasteiger partial charge in [-0.05, 0) is 49.2 Å². The van der Waals surface area contributed by atoms with E-state index in [-0.39, 0.29) is 11.8 Å².